The molecule has 8 heteroatoms. The Hall–Kier alpha value is -2.77. The van der Waals surface area contributed by atoms with Gasteiger partial charge in [-0.05, 0) is 25.0 Å². The van der Waals surface area contributed by atoms with E-state index in [2.05, 4.69) is 15.6 Å². The number of nitrogens with zero attached hydrogens (tertiary/aromatic N) is 2. The van der Waals surface area contributed by atoms with Crippen LogP contribution in [0.5, 0.6) is 0 Å². The van der Waals surface area contributed by atoms with Gasteiger partial charge in [0.25, 0.3) is 5.91 Å². The molecule has 1 heterocycles. The number of carbonyl (C=O) groups excluding carboxylic acids is 1. The summed E-state index contributed by atoms with van der Waals surface area (Å²) in [4.78, 5) is 27.9. The molecule has 1 amide bonds. The van der Waals surface area contributed by atoms with Gasteiger partial charge in [0.2, 0.25) is 5.82 Å². The third kappa shape index (κ3) is 4.44. The quantitative estimate of drug-likeness (QED) is 0.399. The van der Waals surface area contributed by atoms with E-state index in [0.717, 1.165) is 25.7 Å². The number of aromatic nitrogens is 1. The first-order valence-corrected chi connectivity index (χ1v) is 8.79. The summed E-state index contributed by atoms with van der Waals surface area (Å²) < 4.78 is 13.6. The highest BCUT2D eigenvalue weighted by molar-refractivity contribution is 6.11. The summed E-state index contributed by atoms with van der Waals surface area (Å²) in [5.74, 6) is -1.08. The van der Waals surface area contributed by atoms with Crippen molar-refractivity contribution in [1.82, 2.24) is 10.3 Å². The van der Waals surface area contributed by atoms with Gasteiger partial charge in [0, 0.05) is 24.5 Å². The number of nitro groups is 1. The summed E-state index contributed by atoms with van der Waals surface area (Å²) in [5.41, 5.74) is -0.264. The van der Waals surface area contributed by atoms with Crippen molar-refractivity contribution in [2.24, 2.45) is 0 Å². The van der Waals surface area contributed by atoms with Gasteiger partial charge in [0.15, 0.2) is 0 Å². The van der Waals surface area contributed by atoms with Crippen LogP contribution in [0, 0.1) is 15.9 Å². The van der Waals surface area contributed by atoms with Gasteiger partial charge in [-0.2, -0.15) is 0 Å². The van der Waals surface area contributed by atoms with Gasteiger partial charge in [0.05, 0.1) is 10.4 Å². The van der Waals surface area contributed by atoms with E-state index in [9.17, 15) is 19.3 Å². The first-order valence-electron chi connectivity index (χ1n) is 8.79. The number of unbranched alkanes of at least 4 members (excludes halogenated alkanes) is 2. The Morgan fingerprint density at radius 2 is 1.92 bits per heavy atom. The minimum absolute atomic E-state index is 0.0119. The van der Waals surface area contributed by atoms with Crippen molar-refractivity contribution in [1.29, 1.82) is 0 Å². The molecule has 0 aliphatic rings. The van der Waals surface area contributed by atoms with Crippen molar-refractivity contribution in [3.05, 3.63) is 39.7 Å². The van der Waals surface area contributed by atoms with Crippen LogP contribution in [0.2, 0.25) is 0 Å². The van der Waals surface area contributed by atoms with E-state index < -0.39 is 16.6 Å². The van der Waals surface area contributed by atoms with Gasteiger partial charge in [-0.3, -0.25) is 14.9 Å². The van der Waals surface area contributed by atoms with E-state index in [4.69, 9.17) is 0 Å². The fourth-order valence-corrected chi connectivity index (χ4v) is 2.61. The minimum atomic E-state index is -0.612. The Bertz CT molecular complexity index is 811. The second kappa shape index (κ2) is 9.07. The Kier molecular flexibility index (Phi) is 6.82. The summed E-state index contributed by atoms with van der Waals surface area (Å²) in [5, 5.41) is 17.6. The van der Waals surface area contributed by atoms with Gasteiger partial charge in [-0.15, -0.1) is 0 Å². The number of rotatable bonds is 9. The topological polar surface area (TPSA) is 97.2 Å². The fourth-order valence-electron chi connectivity index (χ4n) is 2.61. The monoisotopic (exact) mass is 362 g/mol. The van der Waals surface area contributed by atoms with Gasteiger partial charge in [0.1, 0.15) is 11.4 Å². The van der Waals surface area contributed by atoms with Crippen LogP contribution in [-0.2, 0) is 0 Å². The maximum Gasteiger partial charge on any atom is 0.324 e. The third-order valence-corrected chi connectivity index (χ3v) is 3.97. The number of fused-ring (bicyclic) bond motifs is 1. The Morgan fingerprint density at radius 3 is 2.58 bits per heavy atom. The average Bonchev–Trinajstić information content (AvgIpc) is 2.60. The molecule has 1 aromatic carbocycles. The molecule has 140 valence electrons. The highest BCUT2D eigenvalue weighted by Crippen LogP contribution is 2.33. The Labute approximate surface area is 151 Å². The molecule has 0 fully saturated rings. The Morgan fingerprint density at radius 1 is 1.23 bits per heavy atom. The number of hydrogen-bond donors (Lipinski definition) is 2. The second-order valence-electron chi connectivity index (χ2n) is 5.99. The number of benzene rings is 1. The molecule has 1 aromatic heterocycles. The largest absolute Gasteiger partial charge is 0.364 e. The zero-order chi connectivity index (χ0) is 19.1. The molecule has 26 heavy (non-hydrogen) atoms. The predicted octanol–water partition coefficient (Wildman–Crippen LogP) is 4.02. The Balaban J connectivity index is 2.60. The first kappa shape index (κ1) is 19.6. The third-order valence-electron chi connectivity index (χ3n) is 3.97. The lowest BCUT2D eigenvalue weighted by Gasteiger charge is -2.13. The maximum absolute atomic E-state index is 13.6. The minimum Gasteiger partial charge on any atom is -0.364 e. The molecule has 0 radical (unpaired) electrons. The molecule has 0 aliphatic heterocycles. The number of pyridine rings is 1. The number of halogens is 1. The van der Waals surface area contributed by atoms with Crippen LogP contribution in [0.15, 0.2) is 18.2 Å². The molecule has 0 saturated heterocycles. The highest BCUT2D eigenvalue weighted by Gasteiger charge is 2.29. The number of amides is 1. The van der Waals surface area contributed by atoms with Gasteiger partial charge < -0.3 is 10.6 Å². The summed E-state index contributed by atoms with van der Waals surface area (Å²) in [6, 6.07) is 3.70. The number of anilines is 1. The standard InChI is InChI=1S/C18H23FN4O3/c1-3-5-9-20-17-16(23(25)26)15(18(24)21-10-6-4-2)13-8-7-12(19)11-14(13)22-17/h7-8,11H,3-6,9-10H2,1-2H3,(H,20,22)(H,21,24). The van der Waals surface area contributed by atoms with Crippen LogP contribution in [0.4, 0.5) is 15.9 Å². The SMILES string of the molecule is CCCCNC(=O)c1c([N+](=O)[O-])c(NCCCC)nc2cc(F)ccc12. The molecule has 0 unspecified atom stereocenters. The predicted molar refractivity (Wildman–Crippen MR) is 99.0 cm³/mol. The number of carbonyl (C=O) groups is 1. The molecule has 2 rings (SSSR count). The number of nitrogens with one attached hydrogen (secondary N) is 2. The first-order chi connectivity index (χ1) is 12.5. The highest BCUT2D eigenvalue weighted by atomic mass is 19.1. The smallest absolute Gasteiger partial charge is 0.324 e. The van der Waals surface area contributed by atoms with Crippen LogP contribution in [0.25, 0.3) is 10.9 Å². The molecule has 2 N–H and O–H groups in total. The van der Waals surface area contributed by atoms with Crippen LogP contribution in [-0.4, -0.2) is 28.9 Å². The van der Waals surface area contributed by atoms with Crippen LogP contribution in [0.3, 0.4) is 0 Å². The molecule has 0 atom stereocenters. The maximum atomic E-state index is 13.6. The van der Waals surface area contributed by atoms with E-state index in [1.807, 2.05) is 13.8 Å². The fraction of sp³-hybridized carbons (Fsp3) is 0.444. The van der Waals surface area contributed by atoms with E-state index in [1.165, 1.54) is 18.2 Å². The number of hydrogen-bond acceptors (Lipinski definition) is 5. The lowest BCUT2D eigenvalue weighted by Crippen LogP contribution is -2.26. The molecule has 0 spiro atoms. The van der Waals surface area contributed by atoms with E-state index in [-0.39, 0.29) is 28.0 Å². The van der Waals surface area contributed by atoms with Crippen molar-refractivity contribution >= 4 is 28.3 Å². The molecule has 2 aromatic rings. The van der Waals surface area contributed by atoms with Crippen molar-refractivity contribution in [2.75, 3.05) is 18.4 Å². The molecule has 0 bridgehead atoms. The summed E-state index contributed by atoms with van der Waals surface area (Å²) >= 11 is 0. The van der Waals surface area contributed by atoms with Gasteiger partial charge in [-0.25, -0.2) is 9.37 Å². The lowest BCUT2D eigenvalue weighted by molar-refractivity contribution is -0.384. The summed E-state index contributed by atoms with van der Waals surface area (Å²) in [6.45, 7) is 4.86. The van der Waals surface area contributed by atoms with Crippen molar-refractivity contribution in [3.63, 3.8) is 0 Å². The molecule has 0 saturated carbocycles. The summed E-state index contributed by atoms with van der Waals surface area (Å²) in [7, 11) is 0. The normalized spacial score (nSPS) is 10.7. The van der Waals surface area contributed by atoms with Crippen LogP contribution < -0.4 is 10.6 Å². The average molecular weight is 362 g/mol. The molecule has 7 nitrogen and oxygen atoms in total. The molecule has 0 aliphatic carbocycles. The van der Waals surface area contributed by atoms with E-state index in [0.29, 0.717) is 13.1 Å². The molecular formula is C18H23FN4O3. The second-order valence-corrected chi connectivity index (χ2v) is 5.99. The van der Waals surface area contributed by atoms with E-state index >= 15 is 0 Å². The van der Waals surface area contributed by atoms with Crippen molar-refractivity contribution in [2.45, 2.75) is 39.5 Å². The van der Waals surface area contributed by atoms with Gasteiger partial charge >= 0.3 is 5.69 Å². The zero-order valence-corrected chi connectivity index (χ0v) is 15.0. The van der Waals surface area contributed by atoms with Gasteiger partial charge in [-0.1, -0.05) is 26.7 Å². The van der Waals surface area contributed by atoms with Crippen molar-refractivity contribution in [3.8, 4) is 0 Å². The van der Waals surface area contributed by atoms with Crippen LogP contribution >= 0.6 is 0 Å². The van der Waals surface area contributed by atoms with Crippen LogP contribution in [0.1, 0.15) is 49.9 Å². The van der Waals surface area contributed by atoms with Crippen molar-refractivity contribution < 1.29 is 14.1 Å². The lowest BCUT2D eigenvalue weighted by atomic mass is 10.1. The zero-order valence-electron chi connectivity index (χ0n) is 15.0. The molecular weight excluding hydrogens is 339 g/mol. The van der Waals surface area contributed by atoms with E-state index in [1.54, 1.807) is 0 Å². The summed E-state index contributed by atoms with van der Waals surface area (Å²) in [6.07, 6.45) is 3.33.